The standard InChI is InChI=1S/C29H38N4O9S/c1-17(2)13-33(43(37,38)19-9-10-20-24(12-19)41-28(30-3)31-20)14-22(34)21(11-18-7-5-4-6-8-18)32-29(36)42-25-16-40-27-26(25)23(35)15-39-27/h4-10,12,17,21-23,25-27,34-35H,11,13-16H2,1-3H3,(H,30,31)(H,32,36)/t21-,22+,23-,25-,26-,27+/m0/s1. The molecule has 0 saturated carbocycles. The van der Waals surface area contributed by atoms with Crippen LogP contribution in [-0.4, -0.2) is 98.0 Å². The first-order valence-corrected chi connectivity index (χ1v) is 15.7. The molecule has 1 amide bonds. The second kappa shape index (κ2) is 13.2. The zero-order chi connectivity index (χ0) is 30.7. The van der Waals surface area contributed by atoms with E-state index in [9.17, 15) is 23.4 Å². The Morgan fingerprint density at radius 3 is 2.60 bits per heavy atom. The number of anilines is 1. The van der Waals surface area contributed by atoms with Crippen molar-refractivity contribution in [3.63, 3.8) is 0 Å². The van der Waals surface area contributed by atoms with Gasteiger partial charge in [0.15, 0.2) is 11.9 Å². The van der Waals surface area contributed by atoms with Crippen molar-refractivity contribution in [2.45, 2.75) is 55.8 Å². The van der Waals surface area contributed by atoms with Gasteiger partial charge in [0.2, 0.25) is 10.0 Å². The number of fused-ring (bicyclic) bond motifs is 2. The number of aliphatic hydroxyl groups is 2. The number of benzene rings is 2. The smallest absolute Gasteiger partial charge is 0.407 e. The van der Waals surface area contributed by atoms with Crippen molar-refractivity contribution >= 4 is 33.2 Å². The maximum absolute atomic E-state index is 13.9. The summed E-state index contributed by atoms with van der Waals surface area (Å²) in [6.45, 7) is 3.74. The van der Waals surface area contributed by atoms with Gasteiger partial charge in [0.05, 0.1) is 42.3 Å². The van der Waals surface area contributed by atoms with E-state index < -0.39 is 52.7 Å². The van der Waals surface area contributed by atoms with E-state index in [-0.39, 0.29) is 49.6 Å². The maximum atomic E-state index is 13.9. The fourth-order valence-corrected chi connectivity index (χ4v) is 7.04. The van der Waals surface area contributed by atoms with E-state index in [0.717, 1.165) is 5.56 Å². The average molecular weight is 619 g/mol. The highest BCUT2D eigenvalue weighted by atomic mass is 32.2. The molecule has 2 aliphatic heterocycles. The first-order valence-electron chi connectivity index (χ1n) is 14.2. The van der Waals surface area contributed by atoms with Gasteiger partial charge in [0.1, 0.15) is 11.6 Å². The van der Waals surface area contributed by atoms with Crippen molar-refractivity contribution in [3.8, 4) is 0 Å². The highest BCUT2D eigenvalue weighted by Crippen LogP contribution is 2.33. The van der Waals surface area contributed by atoms with Gasteiger partial charge in [0, 0.05) is 26.2 Å². The molecule has 0 radical (unpaired) electrons. The molecule has 3 aromatic rings. The topological polar surface area (TPSA) is 173 Å². The molecule has 0 bridgehead atoms. The number of carbonyl (C=O) groups is 1. The second-order valence-electron chi connectivity index (χ2n) is 11.2. The quantitative estimate of drug-likeness (QED) is 0.234. The first kappa shape index (κ1) is 31.2. The summed E-state index contributed by atoms with van der Waals surface area (Å²) in [5.74, 6) is -0.575. The molecular formula is C29H38N4O9S. The number of nitrogens with zero attached hydrogens (tertiary/aromatic N) is 2. The lowest BCUT2D eigenvalue weighted by molar-refractivity contribution is -0.0911. The van der Waals surface area contributed by atoms with Crippen LogP contribution in [-0.2, 0) is 30.7 Å². The van der Waals surface area contributed by atoms with Gasteiger partial charge in [-0.05, 0) is 30.0 Å². The summed E-state index contributed by atoms with van der Waals surface area (Å²) in [6.07, 6.45) is -4.12. The van der Waals surface area contributed by atoms with Crippen LogP contribution in [0.5, 0.6) is 0 Å². The third kappa shape index (κ3) is 7.11. The van der Waals surface area contributed by atoms with Crippen LogP contribution in [0.3, 0.4) is 0 Å². The Balaban J connectivity index is 1.35. The number of carbonyl (C=O) groups excluding carboxylic acids is 1. The second-order valence-corrected chi connectivity index (χ2v) is 13.2. The number of rotatable bonds is 12. The molecule has 5 rings (SSSR count). The van der Waals surface area contributed by atoms with Gasteiger partial charge in [-0.15, -0.1) is 0 Å². The Kier molecular flexibility index (Phi) is 9.54. The van der Waals surface area contributed by atoms with E-state index in [1.54, 1.807) is 13.1 Å². The molecule has 0 aliphatic carbocycles. The number of ether oxygens (including phenoxy) is 3. The number of hydrogen-bond acceptors (Lipinski definition) is 11. The van der Waals surface area contributed by atoms with Crippen LogP contribution >= 0.6 is 0 Å². The molecule has 3 heterocycles. The third-order valence-electron chi connectivity index (χ3n) is 7.54. The third-order valence-corrected chi connectivity index (χ3v) is 9.37. The molecule has 2 fully saturated rings. The van der Waals surface area contributed by atoms with Crippen LogP contribution in [0.1, 0.15) is 19.4 Å². The Hall–Kier alpha value is -3.27. The molecule has 4 N–H and O–H groups in total. The molecule has 0 unspecified atom stereocenters. The van der Waals surface area contributed by atoms with Crippen LogP contribution in [0.25, 0.3) is 11.1 Å². The van der Waals surface area contributed by atoms with Crippen molar-refractivity contribution in [2.75, 3.05) is 38.7 Å². The van der Waals surface area contributed by atoms with Gasteiger partial charge < -0.3 is 39.5 Å². The number of hydrogen-bond donors (Lipinski definition) is 4. The summed E-state index contributed by atoms with van der Waals surface area (Å²) in [5.41, 5.74) is 1.63. The largest absolute Gasteiger partial charge is 0.443 e. The predicted octanol–water partition coefficient (Wildman–Crippen LogP) is 1.95. The molecule has 13 nitrogen and oxygen atoms in total. The fourth-order valence-electron chi connectivity index (χ4n) is 5.40. The number of alkyl carbamates (subject to hydrolysis) is 1. The summed E-state index contributed by atoms with van der Waals surface area (Å²) in [7, 11) is -2.44. The van der Waals surface area contributed by atoms with Crippen LogP contribution in [0.2, 0.25) is 0 Å². The minimum atomic E-state index is -4.09. The van der Waals surface area contributed by atoms with Gasteiger partial charge in [-0.1, -0.05) is 44.2 Å². The Labute approximate surface area is 250 Å². The molecule has 234 valence electrons. The van der Waals surface area contributed by atoms with E-state index in [4.69, 9.17) is 18.6 Å². The summed E-state index contributed by atoms with van der Waals surface area (Å²) < 4.78 is 51.0. The predicted molar refractivity (Wildman–Crippen MR) is 156 cm³/mol. The van der Waals surface area contributed by atoms with Crippen LogP contribution in [0, 0.1) is 11.8 Å². The molecule has 6 atom stereocenters. The zero-order valence-corrected chi connectivity index (χ0v) is 25.1. The van der Waals surface area contributed by atoms with E-state index >= 15 is 0 Å². The Bertz CT molecular complexity index is 1500. The average Bonchev–Trinajstić information content (AvgIpc) is 3.68. The maximum Gasteiger partial charge on any atom is 0.407 e. The lowest BCUT2D eigenvalue weighted by atomic mass is 10.0. The molecular weight excluding hydrogens is 580 g/mol. The number of amides is 1. The number of aromatic nitrogens is 1. The number of nitrogens with one attached hydrogen (secondary N) is 2. The van der Waals surface area contributed by atoms with Gasteiger partial charge in [-0.25, -0.2) is 13.2 Å². The summed E-state index contributed by atoms with van der Waals surface area (Å²) in [5, 5.41) is 27.2. The van der Waals surface area contributed by atoms with Gasteiger partial charge in [-0.3, -0.25) is 0 Å². The number of aliphatic hydroxyl groups excluding tert-OH is 2. The van der Waals surface area contributed by atoms with E-state index in [1.807, 2.05) is 44.2 Å². The number of sulfonamides is 1. The zero-order valence-electron chi connectivity index (χ0n) is 24.3. The molecule has 0 spiro atoms. The molecule has 2 aliphatic rings. The van der Waals surface area contributed by atoms with Crippen molar-refractivity contribution in [1.82, 2.24) is 14.6 Å². The Morgan fingerprint density at radius 2 is 1.88 bits per heavy atom. The monoisotopic (exact) mass is 618 g/mol. The molecule has 14 heteroatoms. The first-order chi connectivity index (χ1) is 20.5. The lowest BCUT2D eigenvalue weighted by Gasteiger charge is -2.31. The van der Waals surface area contributed by atoms with Crippen LogP contribution in [0.15, 0.2) is 57.8 Å². The van der Waals surface area contributed by atoms with Gasteiger partial charge in [0.25, 0.3) is 6.01 Å². The molecule has 43 heavy (non-hydrogen) atoms. The van der Waals surface area contributed by atoms with Gasteiger partial charge in [-0.2, -0.15) is 9.29 Å². The molecule has 2 aromatic carbocycles. The normalized spacial score (nSPS) is 23.4. The SMILES string of the molecule is CNc1nc2ccc(S(=O)(=O)N(CC(C)C)C[C@@H](O)[C@H](Cc3ccccc3)NC(=O)O[C@H]3CO[C@H]4OC[C@H](O)[C@H]43)cc2o1. The summed E-state index contributed by atoms with van der Waals surface area (Å²) >= 11 is 0. The summed E-state index contributed by atoms with van der Waals surface area (Å²) in [4.78, 5) is 17.3. The van der Waals surface area contributed by atoms with Crippen molar-refractivity contribution in [2.24, 2.45) is 11.8 Å². The lowest BCUT2D eigenvalue weighted by Crippen LogP contribution is -2.52. The molecule has 2 saturated heterocycles. The highest BCUT2D eigenvalue weighted by molar-refractivity contribution is 7.89. The van der Waals surface area contributed by atoms with Crippen LogP contribution in [0.4, 0.5) is 10.8 Å². The van der Waals surface area contributed by atoms with Crippen molar-refractivity contribution in [3.05, 3.63) is 54.1 Å². The summed E-state index contributed by atoms with van der Waals surface area (Å²) in [6, 6.07) is 13.0. The Morgan fingerprint density at radius 1 is 1.14 bits per heavy atom. The van der Waals surface area contributed by atoms with E-state index in [0.29, 0.717) is 11.1 Å². The van der Waals surface area contributed by atoms with E-state index in [2.05, 4.69) is 15.6 Å². The minimum Gasteiger partial charge on any atom is -0.443 e. The highest BCUT2D eigenvalue weighted by Gasteiger charge is 2.49. The fraction of sp³-hybridized carbons (Fsp3) is 0.517. The molecule has 1 aromatic heterocycles. The minimum absolute atomic E-state index is 0.00763. The number of oxazole rings is 1. The van der Waals surface area contributed by atoms with Crippen molar-refractivity contribution < 1.29 is 42.1 Å². The van der Waals surface area contributed by atoms with Crippen LogP contribution < -0.4 is 10.6 Å². The van der Waals surface area contributed by atoms with E-state index in [1.165, 1.54) is 16.4 Å². The van der Waals surface area contributed by atoms with Crippen molar-refractivity contribution in [1.29, 1.82) is 0 Å². The van der Waals surface area contributed by atoms with Gasteiger partial charge >= 0.3 is 6.09 Å².